The highest BCUT2D eigenvalue weighted by atomic mass is 32.2. The summed E-state index contributed by atoms with van der Waals surface area (Å²) in [6.45, 7) is 4.53. The second-order valence-electron chi connectivity index (χ2n) is 10.4. The minimum Gasteiger partial charge on any atom is -0.350 e. The largest absolute Gasteiger partial charge is 0.350 e. The molecule has 3 amide bonds. The van der Waals surface area contributed by atoms with Crippen LogP contribution < -0.4 is 5.32 Å². The number of sulfonamides is 1. The summed E-state index contributed by atoms with van der Waals surface area (Å²) >= 11 is 0. The van der Waals surface area contributed by atoms with Crippen molar-refractivity contribution in [3.63, 3.8) is 0 Å². The molecule has 1 heterocycles. The third-order valence-corrected chi connectivity index (χ3v) is 8.01. The quantitative estimate of drug-likeness (QED) is 0.462. The van der Waals surface area contributed by atoms with Gasteiger partial charge in [0, 0.05) is 18.5 Å². The van der Waals surface area contributed by atoms with Gasteiger partial charge >= 0.3 is 0 Å². The third kappa shape index (κ3) is 6.34. The Bertz CT molecular complexity index is 1490. The normalized spacial score (nSPS) is 15.0. The van der Waals surface area contributed by atoms with E-state index in [1.54, 1.807) is 6.07 Å². The molecule has 0 saturated carbocycles. The molecule has 0 radical (unpaired) electrons. The molecule has 0 spiro atoms. The average molecular weight is 552 g/mol. The Balaban J connectivity index is 1.72. The summed E-state index contributed by atoms with van der Waals surface area (Å²) in [6, 6.07) is 19.3. The van der Waals surface area contributed by atoms with Crippen LogP contribution in [-0.4, -0.2) is 53.5 Å². The van der Waals surface area contributed by atoms with Crippen LogP contribution in [0.15, 0.2) is 83.8 Å². The molecule has 204 valence electrons. The Morgan fingerprint density at radius 3 is 2.15 bits per heavy atom. The lowest BCUT2D eigenvalue weighted by atomic mass is 10.0. The first-order chi connectivity index (χ1) is 18.4. The smallest absolute Gasteiger partial charge is 0.269 e. The summed E-state index contributed by atoms with van der Waals surface area (Å²) in [5.74, 6) is -2.45. The number of hydrogen-bond acceptors (Lipinski definition) is 5. The van der Waals surface area contributed by atoms with Crippen molar-refractivity contribution in [2.45, 2.75) is 50.2 Å². The lowest BCUT2D eigenvalue weighted by Gasteiger charge is -2.34. The number of amides is 3. The monoisotopic (exact) mass is 551 g/mol. The van der Waals surface area contributed by atoms with Gasteiger partial charge < -0.3 is 10.2 Å². The number of carbonyl (C=O) groups is 3. The summed E-state index contributed by atoms with van der Waals surface area (Å²) in [4.78, 5) is 41.6. The maximum absolute atomic E-state index is 13.9. The SMILES string of the molecule is CC(C)(C)NC(=O)[C@H](Cc1ccccc1)N(Cc1ccc(F)cc1)C(=O)CN1C(=O)c2ccccc2S1(=O)=O. The van der Waals surface area contributed by atoms with Crippen LogP contribution in [0.2, 0.25) is 0 Å². The highest BCUT2D eigenvalue weighted by Crippen LogP contribution is 2.30. The zero-order valence-corrected chi connectivity index (χ0v) is 22.7. The van der Waals surface area contributed by atoms with E-state index < -0.39 is 51.7 Å². The zero-order chi connectivity index (χ0) is 28.4. The van der Waals surface area contributed by atoms with Crippen molar-refractivity contribution in [1.82, 2.24) is 14.5 Å². The fraction of sp³-hybridized carbons (Fsp3) is 0.276. The van der Waals surface area contributed by atoms with Crippen molar-refractivity contribution in [1.29, 1.82) is 0 Å². The molecule has 39 heavy (non-hydrogen) atoms. The molecule has 0 aromatic heterocycles. The number of nitrogens with one attached hydrogen (secondary N) is 1. The molecule has 10 heteroatoms. The first-order valence-corrected chi connectivity index (χ1v) is 13.9. The molecule has 1 N–H and O–H groups in total. The highest BCUT2D eigenvalue weighted by Gasteiger charge is 2.43. The van der Waals surface area contributed by atoms with Gasteiger partial charge in [-0.1, -0.05) is 54.6 Å². The Kier molecular flexibility index (Phi) is 7.87. The Morgan fingerprint density at radius 1 is 0.923 bits per heavy atom. The molecular weight excluding hydrogens is 521 g/mol. The van der Waals surface area contributed by atoms with Gasteiger partial charge in [0.2, 0.25) is 11.8 Å². The molecule has 8 nitrogen and oxygen atoms in total. The summed E-state index contributed by atoms with van der Waals surface area (Å²) in [5, 5.41) is 2.91. The summed E-state index contributed by atoms with van der Waals surface area (Å²) < 4.78 is 40.4. The van der Waals surface area contributed by atoms with Crippen LogP contribution in [0.3, 0.4) is 0 Å². The van der Waals surface area contributed by atoms with Crippen LogP contribution in [0.5, 0.6) is 0 Å². The van der Waals surface area contributed by atoms with Crippen LogP contribution in [0, 0.1) is 5.82 Å². The number of nitrogens with zero attached hydrogens (tertiary/aromatic N) is 2. The summed E-state index contributed by atoms with van der Waals surface area (Å²) in [6.07, 6.45) is 0.136. The third-order valence-electron chi connectivity index (χ3n) is 6.23. The van der Waals surface area contributed by atoms with Gasteiger partial charge in [0.15, 0.2) is 0 Å². The van der Waals surface area contributed by atoms with E-state index >= 15 is 0 Å². The van der Waals surface area contributed by atoms with Crippen molar-refractivity contribution in [2.75, 3.05) is 6.54 Å². The predicted molar refractivity (Wildman–Crippen MR) is 143 cm³/mol. The minimum absolute atomic E-state index is 0.0123. The first kappa shape index (κ1) is 28.0. The second kappa shape index (κ2) is 11.0. The maximum Gasteiger partial charge on any atom is 0.269 e. The molecule has 0 unspecified atom stereocenters. The predicted octanol–water partition coefficient (Wildman–Crippen LogP) is 3.53. The van der Waals surface area contributed by atoms with Crippen LogP contribution in [0.1, 0.15) is 42.3 Å². The van der Waals surface area contributed by atoms with Gasteiger partial charge in [-0.15, -0.1) is 0 Å². The van der Waals surface area contributed by atoms with Crippen molar-refractivity contribution in [3.8, 4) is 0 Å². The number of carbonyl (C=O) groups excluding carboxylic acids is 3. The molecule has 0 bridgehead atoms. The van der Waals surface area contributed by atoms with Crippen LogP contribution in [0.4, 0.5) is 4.39 Å². The lowest BCUT2D eigenvalue weighted by molar-refractivity contribution is -0.141. The van der Waals surface area contributed by atoms with Crippen molar-refractivity contribution >= 4 is 27.7 Å². The van der Waals surface area contributed by atoms with E-state index in [-0.39, 0.29) is 23.4 Å². The van der Waals surface area contributed by atoms with E-state index in [1.807, 2.05) is 51.1 Å². The van der Waals surface area contributed by atoms with Gasteiger partial charge in [-0.05, 0) is 56.2 Å². The number of benzene rings is 3. The standard InChI is InChI=1S/C29H30FN3O5S/c1-29(2,3)31-27(35)24(17-20-9-5-4-6-10-20)32(18-21-13-15-22(30)16-14-21)26(34)19-33-28(36)23-11-7-8-12-25(23)39(33,37)38/h4-16,24H,17-19H2,1-3H3,(H,31,35)/t24-/m0/s1. The van der Waals surface area contributed by atoms with E-state index in [2.05, 4.69) is 5.32 Å². The first-order valence-electron chi connectivity index (χ1n) is 12.4. The molecule has 3 aromatic carbocycles. The molecule has 1 aliphatic rings. The van der Waals surface area contributed by atoms with Crippen molar-refractivity contribution in [2.24, 2.45) is 0 Å². The van der Waals surface area contributed by atoms with Crippen molar-refractivity contribution < 1.29 is 27.2 Å². The minimum atomic E-state index is -4.25. The molecule has 1 atom stereocenters. The van der Waals surface area contributed by atoms with Gasteiger partial charge in [-0.25, -0.2) is 17.1 Å². The molecular formula is C29H30FN3O5S. The average Bonchev–Trinajstić information content (AvgIpc) is 3.07. The molecule has 0 fully saturated rings. The van der Waals surface area contributed by atoms with Crippen LogP contribution in [-0.2, 0) is 32.6 Å². The molecule has 0 saturated heterocycles. The molecule has 4 rings (SSSR count). The number of fused-ring (bicyclic) bond motifs is 1. The Labute approximate surface area is 227 Å². The van der Waals surface area contributed by atoms with Crippen LogP contribution in [0.25, 0.3) is 0 Å². The van der Waals surface area contributed by atoms with Crippen molar-refractivity contribution in [3.05, 3.63) is 101 Å². The van der Waals surface area contributed by atoms with E-state index in [9.17, 15) is 27.2 Å². The van der Waals surface area contributed by atoms with Gasteiger partial charge in [0.1, 0.15) is 23.3 Å². The number of hydrogen-bond donors (Lipinski definition) is 1. The van der Waals surface area contributed by atoms with Crippen LogP contribution >= 0.6 is 0 Å². The highest BCUT2D eigenvalue weighted by molar-refractivity contribution is 7.90. The van der Waals surface area contributed by atoms with E-state index in [1.165, 1.54) is 47.4 Å². The fourth-order valence-corrected chi connectivity index (χ4v) is 5.91. The zero-order valence-electron chi connectivity index (χ0n) is 21.9. The molecule has 1 aliphatic heterocycles. The van der Waals surface area contributed by atoms with Gasteiger partial charge in [-0.2, -0.15) is 0 Å². The van der Waals surface area contributed by atoms with E-state index in [4.69, 9.17) is 0 Å². The summed E-state index contributed by atoms with van der Waals surface area (Å²) in [5.41, 5.74) is 0.680. The topological polar surface area (TPSA) is 104 Å². The molecule has 3 aromatic rings. The number of rotatable bonds is 8. The molecule has 0 aliphatic carbocycles. The van der Waals surface area contributed by atoms with Gasteiger partial charge in [0.05, 0.1) is 5.56 Å². The second-order valence-corrected chi connectivity index (χ2v) is 12.2. The van der Waals surface area contributed by atoms with E-state index in [0.29, 0.717) is 9.87 Å². The fourth-order valence-electron chi connectivity index (χ4n) is 4.39. The number of halogens is 1. The van der Waals surface area contributed by atoms with Gasteiger partial charge in [-0.3, -0.25) is 14.4 Å². The Morgan fingerprint density at radius 2 is 1.54 bits per heavy atom. The maximum atomic E-state index is 13.9. The lowest BCUT2D eigenvalue weighted by Crippen LogP contribution is -2.56. The Hall–Kier alpha value is -4.05. The van der Waals surface area contributed by atoms with Gasteiger partial charge in [0.25, 0.3) is 15.9 Å². The summed E-state index contributed by atoms with van der Waals surface area (Å²) in [7, 11) is -4.25. The van der Waals surface area contributed by atoms with E-state index in [0.717, 1.165) is 5.56 Å².